The van der Waals surface area contributed by atoms with Crippen molar-refractivity contribution in [1.82, 2.24) is 5.32 Å². The van der Waals surface area contributed by atoms with Crippen LogP contribution in [0.15, 0.2) is 0 Å². The van der Waals surface area contributed by atoms with E-state index in [0.717, 1.165) is 11.8 Å². The van der Waals surface area contributed by atoms with Crippen LogP contribution >= 0.6 is 15.9 Å². The number of carbonyl (C=O) groups is 1. The van der Waals surface area contributed by atoms with Crippen LogP contribution in [0.5, 0.6) is 0 Å². The molecule has 0 bridgehead atoms. The molecule has 16 heavy (non-hydrogen) atoms. The van der Waals surface area contributed by atoms with E-state index in [1.165, 1.54) is 0 Å². The van der Waals surface area contributed by atoms with Gasteiger partial charge in [0.15, 0.2) is 0 Å². The highest BCUT2D eigenvalue weighted by atomic mass is 79.9. The molecule has 0 radical (unpaired) electrons. The highest BCUT2D eigenvalue weighted by Gasteiger charge is 2.41. The van der Waals surface area contributed by atoms with E-state index in [2.05, 4.69) is 35.1 Å². The first-order valence-corrected chi connectivity index (χ1v) is 7.15. The molecule has 1 saturated heterocycles. The van der Waals surface area contributed by atoms with Crippen molar-refractivity contribution in [3.05, 3.63) is 0 Å². The van der Waals surface area contributed by atoms with Crippen LogP contribution in [0.1, 0.15) is 34.1 Å². The molecule has 5 unspecified atom stereocenters. The summed E-state index contributed by atoms with van der Waals surface area (Å²) in [6.45, 7) is 8.19. The topological polar surface area (TPSA) is 38.3 Å². The first-order chi connectivity index (χ1) is 7.51. The van der Waals surface area contributed by atoms with Crippen molar-refractivity contribution < 1.29 is 9.53 Å². The lowest BCUT2D eigenvalue weighted by molar-refractivity contribution is -0.127. The van der Waals surface area contributed by atoms with Crippen molar-refractivity contribution in [3.63, 3.8) is 0 Å². The predicted octanol–water partition coefficient (Wildman–Crippen LogP) is 2.34. The average Bonchev–Trinajstić information content (AvgIpc) is 2.49. The minimum atomic E-state index is -0.0110. The van der Waals surface area contributed by atoms with Gasteiger partial charge in [0.25, 0.3) is 0 Å². The molecule has 0 aromatic heterocycles. The van der Waals surface area contributed by atoms with Crippen molar-refractivity contribution in [2.75, 3.05) is 5.33 Å². The molecule has 1 aliphatic heterocycles. The lowest BCUT2D eigenvalue weighted by Crippen LogP contribution is -2.43. The third-order valence-electron chi connectivity index (χ3n) is 3.57. The van der Waals surface area contributed by atoms with Gasteiger partial charge >= 0.3 is 0 Å². The van der Waals surface area contributed by atoms with Crippen molar-refractivity contribution in [3.8, 4) is 0 Å². The second-order valence-corrected chi connectivity index (χ2v) is 5.35. The smallest absolute Gasteiger partial charge is 0.226 e. The van der Waals surface area contributed by atoms with Gasteiger partial charge < -0.3 is 10.1 Å². The number of nitrogens with one attached hydrogen (secondary N) is 1. The van der Waals surface area contributed by atoms with Gasteiger partial charge in [-0.25, -0.2) is 0 Å². The van der Waals surface area contributed by atoms with E-state index >= 15 is 0 Å². The number of alkyl halides is 1. The summed E-state index contributed by atoms with van der Waals surface area (Å²) in [5.74, 6) is 0.418. The zero-order valence-electron chi connectivity index (χ0n) is 10.5. The highest BCUT2D eigenvalue weighted by Crippen LogP contribution is 2.32. The van der Waals surface area contributed by atoms with E-state index in [1.54, 1.807) is 0 Å². The molecular weight excluding hydrogens is 270 g/mol. The molecule has 0 aromatic rings. The SMILES string of the molecule is CCC(CBr)NC(=O)C1C(C)OC(C)C1C. The van der Waals surface area contributed by atoms with Crippen molar-refractivity contribution >= 4 is 21.8 Å². The molecule has 1 heterocycles. The molecule has 0 aliphatic carbocycles. The summed E-state index contributed by atoms with van der Waals surface area (Å²) in [7, 11) is 0. The van der Waals surface area contributed by atoms with E-state index in [-0.39, 0.29) is 30.1 Å². The van der Waals surface area contributed by atoms with Crippen molar-refractivity contribution in [2.45, 2.75) is 52.4 Å². The summed E-state index contributed by atoms with van der Waals surface area (Å²) in [5, 5.41) is 3.88. The maximum atomic E-state index is 12.1. The van der Waals surface area contributed by atoms with E-state index in [9.17, 15) is 4.79 Å². The van der Waals surface area contributed by atoms with E-state index in [4.69, 9.17) is 4.74 Å². The number of hydrogen-bond donors (Lipinski definition) is 1. The maximum absolute atomic E-state index is 12.1. The van der Waals surface area contributed by atoms with Gasteiger partial charge in [-0.2, -0.15) is 0 Å². The van der Waals surface area contributed by atoms with Crippen LogP contribution in [0.25, 0.3) is 0 Å². The van der Waals surface area contributed by atoms with Crippen LogP contribution in [0.2, 0.25) is 0 Å². The van der Waals surface area contributed by atoms with Crippen molar-refractivity contribution in [1.29, 1.82) is 0 Å². The zero-order chi connectivity index (χ0) is 12.3. The third kappa shape index (κ3) is 2.98. The van der Waals surface area contributed by atoms with Gasteiger partial charge in [0, 0.05) is 11.4 Å². The van der Waals surface area contributed by atoms with E-state index in [0.29, 0.717) is 5.92 Å². The Kier molecular flexibility index (Phi) is 5.25. The van der Waals surface area contributed by atoms with Gasteiger partial charge in [-0.05, 0) is 26.2 Å². The second kappa shape index (κ2) is 6.01. The lowest BCUT2D eigenvalue weighted by Gasteiger charge is -2.21. The Bertz CT molecular complexity index is 243. The normalized spacial score (nSPS) is 36.1. The van der Waals surface area contributed by atoms with Crippen molar-refractivity contribution in [2.24, 2.45) is 11.8 Å². The Labute approximate surface area is 106 Å². The zero-order valence-corrected chi connectivity index (χ0v) is 12.1. The van der Waals surface area contributed by atoms with E-state index in [1.807, 2.05) is 13.8 Å². The second-order valence-electron chi connectivity index (χ2n) is 4.70. The number of hydrogen-bond acceptors (Lipinski definition) is 2. The third-order valence-corrected chi connectivity index (χ3v) is 4.35. The number of rotatable bonds is 4. The average molecular weight is 292 g/mol. The summed E-state index contributed by atoms with van der Waals surface area (Å²) in [6.07, 6.45) is 1.15. The molecule has 0 spiro atoms. The Balaban J connectivity index is 2.59. The Morgan fingerprint density at radius 1 is 1.38 bits per heavy atom. The summed E-state index contributed by atoms with van der Waals surface area (Å²) in [5.41, 5.74) is 0. The highest BCUT2D eigenvalue weighted by molar-refractivity contribution is 9.09. The lowest BCUT2D eigenvalue weighted by atomic mass is 9.88. The monoisotopic (exact) mass is 291 g/mol. The molecule has 94 valence electrons. The summed E-state index contributed by atoms with van der Waals surface area (Å²) >= 11 is 3.41. The predicted molar refractivity (Wildman–Crippen MR) is 68.7 cm³/mol. The van der Waals surface area contributed by atoms with E-state index < -0.39 is 0 Å². The molecule has 1 rings (SSSR count). The largest absolute Gasteiger partial charge is 0.374 e. The maximum Gasteiger partial charge on any atom is 0.226 e. The quantitative estimate of drug-likeness (QED) is 0.808. The Morgan fingerprint density at radius 2 is 2.00 bits per heavy atom. The first-order valence-electron chi connectivity index (χ1n) is 6.03. The summed E-state index contributed by atoms with van der Waals surface area (Å²) < 4.78 is 5.68. The molecule has 5 atom stereocenters. The van der Waals surface area contributed by atoms with Gasteiger partial charge in [0.1, 0.15) is 0 Å². The molecule has 1 aliphatic rings. The first kappa shape index (κ1) is 14.0. The number of carbonyl (C=O) groups excluding carboxylic acids is 1. The summed E-state index contributed by atoms with van der Waals surface area (Å²) in [6, 6.07) is 0.225. The molecule has 1 amide bonds. The Hall–Kier alpha value is -0.0900. The molecule has 4 heteroatoms. The Morgan fingerprint density at radius 3 is 2.38 bits per heavy atom. The van der Waals surface area contributed by atoms with Gasteiger partial charge in [-0.3, -0.25) is 4.79 Å². The molecule has 0 saturated carbocycles. The van der Waals surface area contributed by atoms with Crippen LogP contribution in [0.3, 0.4) is 0 Å². The fraction of sp³-hybridized carbons (Fsp3) is 0.917. The van der Waals surface area contributed by atoms with Gasteiger partial charge in [-0.15, -0.1) is 0 Å². The van der Waals surface area contributed by atoms with Crippen LogP contribution in [0, 0.1) is 11.8 Å². The number of halogens is 1. The molecule has 1 fully saturated rings. The number of ether oxygens (including phenoxy) is 1. The molecular formula is C12H22BrNO2. The van der Waals surface area contributed by atoms with Gasteiger partial charge in [0.05, 0.1) is 18.1 Å². The molecule has 0 aromatic carbocycles. The fourth-order valence-corrected chi connectivity index (χ4v) is 2.89. The van der Waals surface area contributed by atoms with Gasteiger partial charge in [-0.1, -0.05) is 29.8 Å². The molecule has 3 nitrogen and oxygen atoms in total. The standard InChI is InChI=1S/C12H22BrNO2/c1-5-10(6-13)14-12(15)11-7(2)8(3)16-9(11)4/h7-11H,5-6H2,1-4H3,(H,14,15). The fourth-order valence-electron chi connectivity index (χ4n) is 2.27. The summed E-state index contributed by atoms with van der Waals surface area (Å²) in [4.78, 5) is 12.1. The minimum absolute atomic E-state index is 0.0110. The van der Waals surface area contributed by atoms with Crippen LogP contribution in [-0.4, -0.2) is 29.5 Å². The molecule has 1 N–H and O–H groups in total. The van der Waals surface area contributed by atoms with Crippen LogP contribution < -0.4 is 5.32 Å². The van der Waals surface area contributed by atoms with Gasteiger partial charge in [0.2, 0.25) is 5.91 Å². The van der Waals surface area contributed by atoms with Crippen LogP contribution in [0.4, 0.5) is 0 Å². The minimum Gasteiger partial charge on any atom is -0.374 e. The number of amides is 1. The van der Waals surface area contributed by atoms with Crippen LogP contribution in [-0.2, 0) is 9.53 Å².